The number of benzene rings is 1. The fourth-order valence-corrected chi connectivity index (χ4v) is 3.22. The fraction of sp³-hybridized carbons (Fsp3) is 0.0556. The summed E-state index contributed by atoms with van der Waals surface area (Å²) in [5.74, 6) is 0.234. The third-order valence-corrected chi connectivity index (χ3v) is 4.55. The van der Waals surface area contributed by atoms with Crippen molar-refractivity contribution in [1.29, 1.82) is 0 Å². The molecule has 0 bridgehead atoms. The van der Waals surface area contributed by atoms with Gasteiger partial charge in [0.15, 0.2) is 16.6 Å². The summed E-state index contributed by atoms with van der Waals surface area (Å²) in [4.78, 5) is 31.4. The molecule has 10 heteroatoms. The Balaban J connectivity index is 1.49. The van der Waals surface area contributed by atoms with E-state index in [2.05, 4.69) is 15.3 Å². The maximum Gasteiger partial charge on any atom is 0.280 e. The molecule has 3 aromatic rings. The van der Waals surface area contributed by atoms with E-state index >= 15 is 0 Å². The molecule has 0 aliphatic carbocycles. The van der Waals surface area contributed by atoms with Gasteiger partial charge in [-0.15, -0.1) is 11.3 Å². The second-order valence-corrected chi connectivity index (χ2v) is 6.45. The van der Waals surface area contributed by atoms with Gasteiger partial charge in [-0.3, -0.25) is 25.2 Å². The van der Waals surface area contributed by atoms with E-state index in [1.807, 2.05) is 12.1 Å². The molecular formula is C18H12N4O5S. The van der Waals surface area contributed by atoms with Gasteiger partial charge in [-0.2, -0.15) is 0 Å². The van der Waals surface area contributed by atoms with E-state index in [1.54, 1.807) is 17.6 Å². The SMILES string of the molecule is O=C(/C=C/c1cc2c(cc1[N+](=O)[O-])OCO2)Nc1nc(-c2ccccn2)cs1. The van der Waals surface area contributed by atoms with Crippen LogP contribution >= 0.6 is 11.3 Å². The third-order valence-electron chi connectivity index (χ3n) is 3.79. The molecule has 1 N–H and O–H groups in total. The van der Waals surface area contributed by atoms with Crippen molar-refractivity contribution in [2.45, 2.75) is 0 Å². The summed E-state index contributed by atoms with van der Waals surface area (Å²) in [6.07, 6.45) is 4.21. The van der Waals surface area contributed by atoms with Gasteiger partial charge in [-0.05, 0) is 24.3 Å². The fourth-order valence-electron chi connectivity index (χ4n) is 2.51. The number of carbonyl (C=O) groups excluding carboxylic acids is 1. The molecule has 0 spiro atoms. The van der Waals surface area contributed by atoms with Crippen LogP contribution < -0.4 is 14.8 Å². The molecular weight excluding hydrogens is 384 g/mol. The average Bonchev–Trinajstić information content (AvgIpc) is 3.35. The first kappa shape index (κ1) is 17.6. The van der Waals surface area contributed by atoms with Crippen molar-refractivity contribution in [3.63, 3.8) is 0 Å². The van der Waals surface area contributed by atoms with Crippen molar-refractivity contribution in [1.82, 2.24) is 9.97 Å². The molecule has 1 aliphatic heterocycles. The zero-order valence-electron chi connectivity index (χ0n) is 14.2. The van der Waals surface area contributed by atoms with Crippen molar-refractivity contribution in [2.75, 3.05) is 12.1 Å². The maximum atomic E-state index is 12.2. The number of nitrogens with one attached hydrogen (secondary N) is 1. The number of aromatic nitrogens is 2. The number of amides is 1. The van der Waals surface area contributed by atoms with Crippen LogP contribution in [0.25, 0.3) is 17.5 Å². The number of hydrogen-bond acceptors (Lipinski definition) is 8. The lowest BCUT2D eigenvalue weighted by molar-refractivity contribution is -0.385. The molecule has 28 heavy (non-hydrogen) atoms. The van der Waals surface area contributed by atoms with Gasteiger partial charge in [0.1, 0.15) is 5.69 Å². The van der Waals surface area contributed by atoms with E-state index in [0.29, 0.717) is 28.0 Å². The first-order valence-electron chi connectivity index (χ1n) is 8.04. The highest BCUT2D eigenvalue weighted by Crippen LogP contribution is 2.38. The number of ether oxygens (including phenoxy) is 2. The lowest BCUT2D eigenvalue weighted by Gasteiger charge is -2.01. The minimum absolute atomic E-state index is 0.00277. The van der Waals surface area contributed by atoms with Gasteiger partial charge in [0.2, 0.25) is 12.7 Å². The number of fused-ring (bicyclic) bond motifs is 1. The molecule has 1 aromatic carbocycles. The summed E-state index contributed by atoms with van der Waals surface area (Å²) in [5.41, 5.74) is 1.40. The molecule has 0 saturated heterocycles. The Morgan fingerprint density at radius 3 is 2.82 bits per heavy atom. The van der Waals surface area contributed by atoms with Crippen molar-refractivity contribution in [3.05, 3.63) is 63.7 Å². The number of nitro groups is 1. The molecule has 3 heterocycles. The molecule has 1 aliphatic rings. The molecule has 0 atom stereocenters. The van der Waals surface area contributed by atoms with E-state index in [0.717, 1.165) is 0 Å². The van der Waals surface area contributed by atoms with Crippen LogP contribution in [0.3, 0.4) is 0 Å². The number of hydrogen-bond donors (Lipinski definition) is 1. The van der Waals surface area contributed by atoms with Gasteiger partial charge in [0, 0.05) is 17.7 Å². The quantitative estimate of drug-likeness (QED) is 0.398. The van der Waals surface area contributed by atoms with Gasteiger partial charge in [0.25, 0.3) is 5.69 Å². The van der Waals surface area contributed by atoms with Crippen LogP contribution in [0.4, 0.5) is 10.8 Å². The second-order valence-electron chi connectivity index (χ2n) is 5.60. The molecule has 140 valence electrons. The first-order chi connectivity index (χ1) is 13.6. The zero-order chi connectivity index (χ0) is 19.5. The molecule has 1 amide bonds. The second kappa shape index (κ2) is 7.45. The van der Waals surface area contributed by atoms with Gasteiger partial charge in [-0.25, -0.2) is 4.98 Å². The molecule has 2 aromatic heterocycles. The van der Waals surface area contributed by atoms with Gasteiger partial charge >= 0.3 is 0 Å². The van der Waals surface area contributed by atoms with Crippen LogP contribution in [0.5, 0.6) is 11.5 Å². The number of carbonyl (C=O) groups is 1. The Hall–Kier alpha value is -3.79. The molecule has 0 fully saturated rings. The summed E-state index contributed by atoms with van der Waals surface area (Å²) >= 11 is 1.26. The van der Waals surface area contributed by atoms with Gasteiger partial charge < -0.3 is 9.47 Å². The number of thiazole rings is 1. The summed E-state index contributed by atoms with van der Waals surface area (Å²) in [6, 6.07) is 8.21. The highest BCUT2D eigenvalue weighted by molar-refractivity contribution is 7.14. The molecule has 0 unspecified atom stereocenters. The lowest BCUT2D eigenvalue weighted by atomic mass is 10.1. The third kappa shape index (κ3) is 3.67. The standard InChI is InChI=1S/C18H12N4O5S/c23-17(21-18-20-13(9-28-18)12-3-1-2-6-19-12)5-4-11-7-15-16(27-10-26-15)8-14(11)22(24)25/h1-9H,10H2,(H,20,21,23)/b5-4+. The predicted molar refractivity (Wildman–Crippen MR) is 102 cm³/mol. The number of rotatable bonds is 5. The van der Waals surface area contributed by atoms with Crippen molar-refractivity contribution in [3.8, 4) is 22.9 Å². The highest BCUT2D eigenvalue weighted by atomic mass is 32.1. The molecule has 0 saturated carbocycles. The van der Waals surface area contributed by atoms with E-state index in [-0.39, 0.29) is 18.0 Å². The summed E-state index contributed by atoms with van der Waals surface area (Å²) in [5, 5.41) is 16.1. The number of nitrogens with zero attached hydrogens (tertiary/aromatic N) is 3. The Kier molecular flexibility index (Phi) is 4.68. The van der Waals surface area contributed by atoms with Crippen LogP contribution in [0.1, 0.15) is 5.56 Å². The van der Waals surface area contributed by atoms with Crippen LogP contribution in [0.15, 0.2) is 48.0 Å². The molecule has 4 rings (SSSR count). The number of pyridine rings is 1. The van der Waals surface area contributed by atoms with Gasteiger partial charge in [-0.1, -0.05) is 6.07 Å². The monoisotopic (exact) mass is 396 g/mol. The van der Waals surface area contributed by atoms with E-state index in [9.17, 15) is 14.9 Å². The summed E-state index contributed by atoms with van der Waals surface area (Å²) < 4.78 is 10.4. The lowest BCUT2D eigenvalue weighted by Crippen LogP contribution is -2.07. The molecule has 9 nitrogen and oxygen atoms in total. The van der Waals surface area contributed by atoms with E-state index in [4.69, 9.17) is 9.47 Å². The predicted octanol–water partition coefficient (Wildman–Crippen LogP) is 3.49. The van der Waals surface area contributed by atoms with Crippen molar-refractivity contribution in [2.24, 2.45) is 0 Å². The summed E-state index contributed by atoms with van der Waals surface area (Å²) in [6.45, 7) is 0.00277. The summed E-state index contributed by atoms with van der Waals surface area (Å²) in [7, 11) is 0. The van der Waals surface area contributed by atoms with Crippen LogP contribution in [0.2, 0.25) is 0 Å². The highest BCUT2D eigenvalue weighted by Gasteiger charge is 2.22. The smallest absolute Gasteiger partial charge is 0.280 e. The minimum atomic E-state index is -0.542. The minimum Gasteiger partial charge on any atom is -0.454 e. The van der Waals surface area contributed by atoms with Crippen LogP contribution in [0, 0.1) is 10.1 Å². The maximum absolute atomic E-state index is 12.2. The largest absolute Gasteiger partial charge is 0.454 e. The first-order valence-corrected chi connectivity index (χ1v) is 8.92. The Morgan fingerprint density at radius 1 is 1.25 bits per heavy atom. The topological polar surface area (TPSA) is 116 Å². The number of nitro benzene ring substituents is 1. The van der Waals surface area contributed by atoms with Crippen molar-refractivity contribution < 1.29 is 19.2 Å². The Bertz CT molecular complexity index is 1080. The van der Waals surface area contributed by atoms with Crippen LogP contribution in [-0.2, 0) is 4.79 Å². The Morgan fingerprint density at radius 2 is 2.07 bits per heavy atom. The van der Waals surface area contributed by atoms with Crippen LogP contribution in [-0.4, -0.2) is 27.6 Å². The van der Waals surface area contributed by atoms with Crippen molar-refractivity contribution >= 4 is 34.1 Å². The normalized spacial score (nSPS) is 12.3. The van der Waals surface area contributed by atoms with Gasteiger partial charge in [0.05, 0.1) is 22.2 Å². The Labute approximate surface area is 162 Å². The number of anilines is 1. The van der Waals surface area contributed by atoms with E-state index in [1.165, 1.54) is 35.6 Å². The molecule has 0 radical (unpaired) electrons. The zero-order valence-corrected chi connectivity index (χ0v) is 15.0. The van der Waals surface area contributed by atoms with E-state index < -0.39 is 10.8 Å². The average molecular weight is 396 g/mol.